The molecule has 1 aromatic heterocycles. The van der Waals surface area contributed by atoms with Crippen molar-refractivity contribution in [1.82, 2.24) is 19.6 Å². The average molecular weight is 368 g/mol. The molecule has 2 aliphatic rings. The molecule has 0 unspecified atom stereocenters. The number of aryl methyl sites for hydroxylation is 1. The number of fused-ring (bicyclic) bond motifs is 1. The molecule has 0 radical (unpaired) electrons. The van der Waals surface area contributed by atoms with E-state index in [0.29, 0.717) is 37.5 Å². The number of carbonyl (C=O) groups is 2. The second-order valence-electron chi connectivity index (χ2n) is 7.40. The molecule has 1 fully saturated rings. The van der Waals surface area contributed by atoms with Gasteiger partial charge in [0.1, 0.15) is 0 Å². The standard InChI is InChI=1S/C20H24N4O3/c1-22-17-8-10-24(12-16(17)19(21-22)20(26)27)18(25)13-23-9-7-15(11-23)14-5-3-2-4-6-14/h2-6,15H,7-13H2,1H3,(H,26,27)/t15-/m1/s1. The lowest BCUT2D eigenvalue weighted by Gasteiger charge is -2.29. The van der Waals surface area contributed by atoms with Crippen molar-refractivity contribution >= 4 is 11.9 Å². The summed E-state index contributed by atoms with van der Waals surface area (Å²) in [5.74, 6) is -0.496. The number of carbonyl (C=O) groups excluding carboxylic acids is 1. The largest absolute Gasteiger partial charge is 0.476 e. The van der Waals surface area contributed by atoms with Crippen LogP contribution in [0.5, 0.6) is 0 Å². The highest BCUT2D eigenvalue weighted by Gasteiger charge is 2.31. The van der Waals surface area contributed by atoms with E-state index in [9.17, 15) is 14.7 Å². The van der Waals surface area contributed by atoms with Crippen molar-refractivity contribution < 1.29 is 14.7 Å². The predicted molar refractivity (Wildman–Crippen MR) is 99.5 cm³/mol. The topological polar surface area (TPSA) is 78.7 Å². The van der Waals surface area contributed by atoms with E-state index in [1.54, 1.807) is 16.6 Å². The Balaban J connectivity index is 1.39. The highest BCUT2D eigenvalue weighted by molar-refractivity contribution is 5.88. The Kier molecular flexibility index (Phi) is 4.70. The predicted octanol–water partition coefficient (Wildman–Crippen LogP) is 1.49. The molecular weight excluding hydrogens is 344 g/mol. The van der Waals surface area contributed by atoms with Crippen molar-refractivity contribution in [2.45, 2.75) is 25.3 Å². The number of benzene rings is 1. The van der Waals surface area contributed by atoms with Gasteiger partial charge < -0.3 is 10.0 Å². The van der Waals surface area contributed by atoms with Gasteiger partial charge in [0.15, 0.2) is 5.69 Å². The molecule has 7 heteroatoms. The first kappa shape index (κ1) is 17.7. The van der Waals surface area contributed by atoms with Crippen LogP contribution in [0.15, 0.2) is 30.3 Å². The Bertz CT molecular complexity index is 862. The van der Waals surface area contributed by atoms with Crippen molar-refractivity contribution in [3.8, 4) is 0 Å². The first-order valence-electron chi connectivity index (χ1n) is 9.36. The third-order valence-electron chi connectivity index (χ3n) is 5.70. The number of amides is 1. The molecular formula is C20H24N4O3. The second-order valence-corrected chi connectivity index (χ2v) is 7.40. The number of carboxylic acids is 1. The fourth-order valence-corrected chi connectivity index (χ4v) is 4.24. The van der Waals surface area contributed by atoms with Gasteiger partial charge in [-0.1, -0.05) is 30.3 Å². The SMILES string of the molecule is Cn1nc(C(=O)O)c2c1CCN(C(=O)CN1CC[C@@H](c3ccccc3)C1)C2. The van der Waals surface area contributed by atoms with Crippen LogP contribution < -0.4 is 0 Å². The molecule has 1 saturated heterocycles. The number of likely N-dealkylation sites (tertiary alicyclic amines) is 1. The highest BCUT2D eigenvalue weighted by atomic mass is 16.4. The monoisotopic (exact) mass is 368 g/mol. The van der Waals surface area contributed by atoms with E-state index in [0.717, 1.165) is 25.2 Å². The average Bonchev–Trinajstić information content (AvgIpc) is 3.27. The van der Waals surface area contributed by atoms with E-state index < -0.39 is 5.97 Å². The third kappa shape index (κ3) is 3.47. The summed E-state index contributed by atoms with van der Waals surface area (Å²) in [6.45, 7) is 3.14. The molecule has 4 rings (SSSR count). The minimum absolute atomic E-state index is 0.0644. The zero-order valence-electron chi connectivity index (χ0n) is 15.5. The van der Waals surface area contributed by atoms with Gasteiger partial charge in [-0.15, -0.1) is 0 Å². The molecule has 1 atom stereocenters. The minimum atomic E-state index is -1.04. The molecule has 0 aliphatic carbocycles. The van der Waals surface area contributed by atoms with E-state index in [-0.39, 0.29) is 11.6 Å². The molecule has 1 amide bonds. The normalized spacial score (nSPS) is 19.9. The summed E-state index contributed by atoms with van der Waals surface area (Å²) in [5, 5.41) is 13.5. The van der Waals surface area contributed by atoms with Crippen LogP contribution in [-0.4, -0.2) is 62.7 Å². The summed E-state index contributed by atoms with van der Waals surface area (Å²) >= 11 is 0. The molecule has 2 aliphatic heterocycles. The van der Waals surface area contributed by atoms with Gasteiger partial charge in [0, 0.05) is 44.4 Å². The second kappa shape index (κ2) is 7.15. The Morgan fingerprint density at radius 1 is 1.22 bits per heavy atom. The molecule has 3 heterocycles. The molecule has 142 valence electrons. The van der Waals surface area contributed by atoms with E-state index >= 15 is 0 Å². The maximum absolute atomic E-state index is 12.8. The summed E-state index contributed by atoms with van der Waals surface area (Å²) in [5.41, 5.74) is 2.99. The smallest absolute Gasteiger partial charge is 0.356 e. The van der Waals surface area contributed by atoms with Crippen molar-refractivity contribution in [3.05, 3.63) is 52.8 Å². The van der Waals surface area contributed by atoms with Crippen LogP contribution in [0.2, 0.25) is 0 Å². The van der Waals surface area contributed by atoms with Crippen molar-refractivity contribution in [2.24, 2.45) is 7.05 Å². The minimum Gasteiger partial charge on any atom is -0.476 e. The van der Waals surface area contributed by atoms with Crippen molar-refractivity contribution in [1.29, 1.82) is 0 Å². The number of hydrogen-bond acceptors (Lipinski definition) is 4. The summed E-state index contributed by atoms with van der Waals surface area (Å²) in [6.07, 6.45) is 1.71. The number of aromatic carboxylic acids is 1. The zero-order valence-corrected chi connectivity index (χ0v) is 15.5. The van der Waals surface area contributed by atoms with Crippen LogP contribution in [0, 0.1) is 0 Å². The fraction of sp³-hybridized carbons (Fsp3) is 0.450. The molecule has 0 saturated carbocycles. The van der Waals surface area contributed by atoms with Crippen LogP contribution >= 0.6 is 0 Å². The van der Waals surface area contributed by atoms with Crippen LogP contribution in [0.3, 0.4) is 0 Å². The van der Waals surface area contributed by atoms with Crippen LogP contribution in [0.1, 0.15) is 39.6 Å². The number of carboxylic acid groups (broad SMARTS) is 1. The summed E-state index contributed by atoms with van der Waals surface area (Å²) in [4.78, 5) is 28.2. The van der Waals surface area contributed by atoms with E-state index in [2.05, 4.69) is 34.3 Å². The lowest BCUT2D eigenvalue weighted by atomic mass is 9.99. The lowest BCUT2D eigenvalue weighted by molar-refractivity contribution is -0.133. The fourth-order valence-electron chi connectivity index (χ4n) is 4.24. The third-order valence-corrected chi connectivity index (χ3v) is 5.70. The molecule has 1 aromatic carbocycles. The Morgan fingerprint density at radius 3 is 2.74 bits per heavy atom. The quantitative estimate of drug-likeness (QED) is 0.885. The van der Waals surface area contributed by atoms with Crippen LogP contribution in [-0.2, 0) is 24.8 Å². The highest BCUT2D eigenvalue weighted by Crippen LogP contribution is 2.27. The molecule has 2 aromatic rings. The summed E-state index contributed by atoms with van der Waals surface area (Å²) < 4.78 is 1.63. The van der Waals surface area contributed by atoms with Gasteiger partial charge in [-0.05, 0) is 24.4 Å². The summed E-state index contributed by atoms with van der Waals surface area (Å²) in [7, 11) is 1.76. The Morgan fingerprint density at radius 2 is 2.00 bits per heavy atom. The Labute approximate surface area is 158 Å². The maximum Gasteiger partial charge on any atom is 0.356 e. The van der Waals surface area contributed by atoms with E-state index in [4.69, 9.17) is 0 Å². The molecule has 27 heavy (non-hydrogen) atoms. The first-order chi connectivity index (χ1) is 13.0. The lowest BCUT2D eigenvalue weighted by Crippen LogP contribution is -2.42. The van der Waals surface area contributed by atoms with Gasteiger partial charge in [-0.2, -0.15) is 5.10 Å². The van der Waals surface area contributed by atoms with E-state index in [1.165, 1.54) is 5.56 Å². The Hall–Kier alpha value is -2.67. The number of aromatic nitrogens is 2. The number of nitrogens with zero attached hydrogens (tertiary/aromatic N) is 4. The summed E-state index contributed by atoms with van der Waals surface area (Å²) in [6, 6.07) is 10.4. The van der Waals surface area contributed by atoms with Gasteiger partial charge in [0.05, 0.1) is 6.54 Å². The van der Waals surface area contributed by atoms with Gasteiger partial charge in [-0.25, -0.2) is 4.79 Å². The zero-order chi connectivity index (χ0) is 19.0. The van der Waals surface area contributed by atoms with Crippen molar-refractivity contribution in [3.63, 3.8) is 0 Å². The number of hydrogen-bond donors (Lipinski definition) is 1. The first-order valence-corrected chi connectivity index (χ1v) is 9.36. The number of rotatable bonds is 4. The molecule has 1 N–H and O–H groups in total. The molecule has 0 spiro atoms. The molecule has 0 bridgehead atoms. The van der Waals surface area contributed by atoms with Crippen LogP contribution in [0.4, 0.5) is 0 Å². The van der Waals surface area contributed by atoms with Crippen LogP contribution in [0.25, 0.3) is 0 Å². The van der Waals surface area contributed by atoms with Gasteiger partial charge in [0.2, 0.25) is 5.91 Å². The van der Waals surface area contributed by atoms with E-state index in [1.807, 2.05) is 6.07 Å². The van der Waals surface area contributed by atoms with Gasteiger partial charge >= 0.3 is 5.97 Å². The van der Waals surface area contributed by atoms with Crippen molar-refractivity contribution in [2.75, 3.05) is 26.2 Å². The maximum atomic E-state index is 12.8. The van der Waals surface area contributed by atoms with Gasteiger partial charge in [-0.3, -0.25) is 14.4 Å². The van der Waals surface area contributed by atoms with Gasteiger partial charge in [0.25, 0.3) is 0 Å². The molecule has 7 nitrogen and oxygen atoms in total.